The minimum Gasteiger partial charge on any atom is -0.456 e. The van der Waals surface area contributed by atoms with Gasteiger partial charge in [-0.2, -0.15) is 0 Å². The van der Waals surface area contributed by atoms with Crippen LogP contribution in [0.1, 0.15) is 44.9 Å². The van der Waals surface area contributed by atoms with Crippen molar-refractivity contribution in [2.24, 2.45) is 4.99 Å². The van der Waals surface area contributed by atoms with Gasteiger partial charge in [0.15, 0.2) is 11.4 Å². The molecule has 160 valence electrons. The monoisotopic (exact) mass is 434 g/mol. The first-order chi connectivity index (χ1) is 14.7. The van der Waals surface area contributed by atoms with E-state index >= 15 is 0 Å². The molecule has 2 heterocycles. The largest absolute Gasteiger partial charge is 0.456 e. The number of esters is 1. The number of nitrogens with zero attached hydrogens (tertiary/aromatic N) is 2. The predicted octanol–water partition coefficient (Wildman–Crippen LogP) is 5.12. The van der Waals surface area contributed by atoms with E-state index in [1.54, 1.807) is 4.90 Å². The van der Waals surface area contributed by atoms with Crippen LogP contribution in [0.25, 0.3) is 6.08 Å². The number of hydrogen-bond acceptors (Lipinski definition) is 6. The second-order valence-electron chi connectivity index (χ2n) is 8.55. The Kier molecular flexibility index (Phi) is 5.77. The molecule has 2 aromatic carbocycles. The third kappa shape index (κ3) is 4.45. The Bertz CT molecular complexity index is 1070. The van der Waals surface area contributed by atoms with Crippen molar-refractivity contribution in [3.05, 3.63) is 88.0 Å². The first-order valence-electron chi connectivity index (χ1n) is 10.2. The molecule has 5 nitrogen and oxygen atoms in total. The van der Waals surface area contributed by atoms with E-state index in [9.17, 15) is 9.90 Å². The summed E-state index contributed by atoms with van der Waals surface area (Å²) in [6.07, 6.45) is 1.04. The van der Waals surface area contributed by atoms with Crippen LogP contribution in [0.4, 0.5) is 0 Å². The number of fused-ring (bicyclic) bond motifs is 1. The molecule has 0 radical (unpaired) electrons. The minimum atomic E-state index is -0.917. The van der Waals surface area contributed by atoms with Gasteiger partial charge in [-0.15, -0.1) is 0 Å². The van der Waals surface area contributed by atoms with Crippen LogP contribution in [0.3, 0.4) is 0 Å². The van der Waals surface area contributed by atoms with Crippen molar-refractivity contribution in [1.82, 2.24) is 4.90 Å². The van der Waals surface area contributed by atoms with E-state index in [0.29, 0.717) is 16.4 Å². The molecule has 0 aliphatic carbocycles. The molecule has 2 atom stereocenters. The van der Waals surface area contributed by atoms with E-state index in [2.05, 4.69) is 4.99 Å². The number of amidine groups is 1. The highest BCUT2D eigenvalue weighted by molar-refractivity contribution is 8.17. The summed E-state index contributed by atoms with van der Waals surface area (Å²) in [5.41, 5.74) is 2.32. The maximum absolute atomic E-state index is 13.2. The summed E-state index contributed by atoms with van der Waals surface area (Å²) in [4.78, 5) is 20.4. The Morgan fingerprint density at radius 2 is 1.71 bits per heavy atom. The van der Waals surface area contributed by atoms with Gasteiger partial charge in [-0.05, 0) is 44.9 Å². The zero-order chi connectivity index (χ0) is 22.2. The average Bonchev–Trinajstić information content (AvgIpc) is 3.02. The fourth-order valence-electron chi connectivity index (χ4n) is 3.70. The standard InChI is InChI=1S/C25H26N2O3S/c1-16-20(23(29)30-25(2,3)4)21(18-13-9-6-10-14-18)27-22(28)19(31-24(27)26-16)15-17-11-7-5-8-12-17/h5-15,21-22,28H,1-4H3/b19-15+. The minimum absolute atomic E-state index is 0.417. The van der Waals surface area contributed by atoms with Crippen molar-refractivity contribution >= 4 is 29.0 Å². The van der Waals surface area contributed by atoms with Crippen LogP contribution in [-0.4, -0.2) is 33.0 Å². The van der Waals surface area contributed by atoms with Gasteiger partial charge >= 0.3 is 5.97 Å². The number of aliphatic hydroxyl groups is 1. The Morgan fingerprint density at radius 1 is 1.10 bits per heavy atom. The average molecular weight is 435 g/mol. The lowest BCUT2D eigenvalue weighted by Crippen LogP contribution is -2.42. The molecular weight excluding hydrogens is 408 g/mol. The van der Waals surface area contributed by atoms with E-state index in [4.69, 9.17) is 4.74 Å². The SMILES string of the molecule is CC1=C(C(=O)OC(C)(C)C)C(c2ccccc2)N2C(=N1)S/C(=C/c1ccccc1)C2O. The van der Waals surface area contributed by atoms with E-state index in [-0.39, 0.29) is 0 Å². The number of thioether (sulfide) groups is 1. The van der Waals surface area contributed by atoms with E-state index in [0.717, 1.165) is 16.0 Å². The van der Waals surface area contributed by atoms with Gasteiger partial charge in [-0.3, -0.25) is 0 Å². The lowest BCUT2D eigenvalue weighted by atomic mass is 9.94. The molecule has 31 heavy (non-hydrogen) atoms. The summed E-state index contributed by atoms with van der Waals surface area (Å²) < 4.78 is 5.71. The molecule has 0 saturated carbocycles. The van der Waals surface area contributed by atoms with E-state index in [1.807, 2.05) is 94.4 Å². The first-order valence-corrected chi connectivity index (χ1v) is 11.0. The molecule has 6 heteroatoms. The summed E-state index contributed by atoms with van der Waals surface area (Å²) in [6.45, 7) is 7.36. The highest BCUT2D eigenvalue weighted by atomic mass is 32.2. The molecule has 0 aromatic heterocycles. The van der Waals surface area contributed by atoms with Gasteiger partial charge in [0, 0.05) is 4.91 Å². The van der Waals surface area contributed by atoms with E-state index in [1.165, 1.54) is 11.8 Å². The number of ether oxygens (including phenoxy) is 1. The Morgan fingerprint density at radius 3 is 2.32 bits per heavy atom. The van der Waals surface area contributed by atoms with Gasteiger partial charge in [0.1, 0.15) is 5.60 Å². The molecule has 1 N–H and O–H groups in total. The zero-order valence-corrected chi connectivity index (χ0v) is 18.9. The lowest BCUT2D eigenvalue weighted by Gasteiger charge is -2.37. The summed E-state index contributed by atoms with van der Waals surface area (Å²) in [5, 5.41) is 12.0. The Labute approximate surface area is 187 Å². The predicted molar refractivity (Wildman–Crippen MR) is 125 cm³/mol. The van der Waals surface area contributed by atoms with Crippen LogP contribution >= 0.6 is 11.8 Å². The normalized spacial score (nSPS) is 22.4. The van der Waals surface area contributed by atoms with Gasteiger partial charge in [-0.25, -0.2) is 9.79 Å². The highest BCUT2D eigenvalue weighted by Crippen LogP contribution is 2.47. The van der Waals surface area contributed by atoms with Crippen LogP contribution < -0.4 is 0 Å². The zero-order valence-electron chi connectivity index (χ0n) is 18.1. The van der Waals surface area contributed by atoms with Crippen molar-refractivity contribution in [3.63, 3.8) is 0 Å². The molecule has 0 amide bonds. The number of aliphatic imine (C=N–C) groups is 1. The van der Waals surface area contributed by atoms with Gasteiger partial charge < -0.3 is 14.7 Å². The summed E-state index contributed by atoms with van der Waals surface area (Å²) in [7, 11) is 0. The van der Waals surface area contributed by atoms with Gasteiger partial charge in [0.2, 0.25) is 0 Å². The summed E-state index contributed by atoms with van der Waals surface area (Å²) in [6, 6.07) is 19.1. The molecule has 2 unspecified atom stereocenters. The van der Waals surface area contributed by atoms with Crippen LogP contribution in [0.15, 0.2) is 81.8 Å². The second-order valence-corrected chi connectivity index (χ2v) is 9.59. The van der Waals surface area contributed by atoms with Crippen LogP contribution in [0, 0.1) is 0 Å². The topological polar surface area (TPSA) is 62.1 Å². The highest BCUT2D eigenvalue weighted by Gasteiger charge is 2.45. The first kappa shape index (κ1) is 21.4. The maximum Gasteiger partial charge on any atom is 0.338 e. The van der Waals surface area contributed by atoms with E-state index < -0.39 is 23.8 Å². The lowest BCUT2D eigenvalue weighted by molar-refractivity contribution is -0.151. The quantitative estimate of drug-likeness (QED) is 0.679. The third-order valence-corrected chi connectivity index (χ3v) is 6.04. The molecule has 1 fully saturated rings. The van der Waals surface area contributed by atoms with Gasteiger partial charge in [0.25, 0.3) is 0 Å². The van der Waals surface area contributed by atoms with Crippen LogP contribution in [0.2, 0.25) is 0 Å². The third-order valence-electron chi connectivity index (χ3n) is 5.00. The summed E-state index contributed by atoms with van der Waals surface area (Å²) in [5.74, 6) is -0.417. The number of rotatable bonds is 3. The maximum atomic E-state index is 13.2. The second kappa shape index (κ2) is 8.36. The van der Waals surface area contributed by atoms with Crippen molar-refractivity contribution < 1.29 is 14.6 Å². The number of benzene rings is 2. The summed E-state index contributed by atoms with van der Waals surface area (Å²) >= 11 is 1.43. The number of hydrogen-bond donors (Lipinski definition) is 1. The van der Waals surface area contributed by atoms with Crippen LogP contribution in [0.5, 0.6) is 0 Å². The fraction of sp³-hybridized carbons (Fsp3) is 0.280. The molecule has 0 bridgehead atoms. The number of aliphatic hydroxyl groups excluding tert-OH is 1. The van der Waals surface area contributed by atoms with Gasteiger partial charge in [-0.1, -0.05) is 72.4 Å². The molecule has 2 aliphatic rings. The number of carbonyl (C=O) groups is 1. The van der Waals surface area contributed by atoms with Crippen LogP contribution in [-0.2, 0) is 9.53 Å². The number of allylic oxidation sites excluding steroid dienone is 1. The van der Waals surface area contributed by atoms with Crippen molar-refractivity contribution in [1.29, 1.82) is 0 Å². The molecule has 2 aromatic rings. The van der Waals surface area contributed by atoms with Crippen molar-refractivity contribution in [2.45, 2.75) is 45.6 Å². The Balaban J connectivity index is 1.78. The fourth-order valence-corrected chi connectivity index (χ4v) is 4.82. The number of carbonyl (C=O) groups excluding carboxylic acids is 1. The van der Waals surface area contributed by atoms with Crippen molar-refractivity contribution in [2.75, 3.05) is 0 Å². The Hall–Kier alpha value is -2.83. The van der Waals surface area contributed by atoms with Gasteiger partial charge in [0.05, 0.1) is 17.3 Å². The van der Waals surface area contributed by atoms with Crippen molar-refractivity contribution in [3.8, 4) is 0 Å². The molecule has 0 spiro atoms. The smallest absolute Gasteiger partial charge is 0.338 e. The molecule has 2 aliphatic heterocycles. The molecule has 1 saturated heterocycles. The molecule has 4 rings (SSSR count). The molecular formula is C25H26N2O3S.